The number of nitrogens with zero attached hydrogens (tertiary/aromatic N) is 1. The van der Waals surface area contributed by atoms with Gasteiger partial charge in [0.1, 0.15) is 0 Å². The minimum Gasteiger partial charge on any atom is -0.394 e. The molecule has 2 rings (SSSR count). The number of thiophene rings is 1. The fourth-order valence-electron chi connectivity index (χ4n) is 2.43. The summed E-state index contributed by atoms with van der Waals surface area (Å²) in [5, 5.41) is 13.6. The Morgan fingerprint density at radius 3 is 2.57 bits per heavy atom. The van der Waals surface area contributed by atoms with Crippen molar-refractivity contribution < 1.29 is 14.7 Å². The van der Waals surface area contributed by atoms with E-state index < -0.39 is 0 Å². The molecule has 0 aliphatic carbocycles. The Morgan fingerprint density at radius 1 is 1.26 bits per heavy atom. The van der Waals surface area contributed by atoms with Gasteiger partial charge in [-0.1, -0.05) is 19.1 Å². The summed E-state index contributed by atoms with van der Waals surface area (Å²) in [6.45, 7) is 3.79. The van der Waals surface area contributed by atoms with E-state index in [9.17, 15) is 14.7 Å². The lowest BCUT2D eigenvalue weighted by Crippen LogP contribution is -2.41. The molecule has 1 aromatic heterocycles. The molecule has 1 atom stereocenters. The second-order valence-corrected chi connectivity index (χ2v) is 6.23. The van der Waals surface area contributed by atoms with Crippen LogP contribution in [0.2, 0.25) is 0 Å². The maximum atomic E-state index is 12.9. The van der Waals surface area contributed by atoms with Gasteiger partial charge in [-0.05, 0) is 47.9 Å². The number of hydrogen-bond acceptors (Lipinski definition) is 4. The van der Waals surface area contributed by atoms with Crippen LogP contribution in [0.4, 0.5) is 0 Å². The first-order chi connectivity index (χ1) is 11.1. The number of amides is 1. The Bertz CT molecular complexity index is 663. The van der Waals surface area contributed by atoms with Gasteiger partial charge in [-0.2, -0.15) is 11.3 Å². The average molecular weight is 331 g/mol. The molecule has 0 saturated heterocycles. The summed E-state index contributed by atoms with van der Waals surface area (Å²) in [6, 6.07) is 8.47. The molecule has 0 aliphatic heterocycles. The zero-order chi connectivity index (χ0) is 16.8. The molecule has 0 spiro atoms. The highest BCUT2D eigenvalue weighted by Crippen LogP contribution is 2.18. The Labute approximate surface area is 140 Å². The first kappa shape index (κ1) is 17.4. The smallest absolute Gasteiger partial charge is 0.254 e. The first-order valence-corrected chi connectivity index (χ1v) is 8.55. The maximum Gasteiger partial charge on any atom is 0.254 e. The number of ketones is 1. The largest absolute Gasteiger partial charge is 0.394 e. The SMILES string of the molecule is CC[C@@H](CO)N(Cc1ccsc1)C(=O)c1cccc(C(C)=O)c1. The Balaban J connectivity index is 2.31. The molecule has 1 aromatic carbocycles. The molecular formula is C18H21NO3S. The summed E-state index contributed by atoms with van der Waals surface area (Å²) in [7, 11) is 0. The second kappa shape index (κ2) is 8.04. The Hall–Kier alpha value is -1.98. The molecule has 1 heterocycles. The molecule has 1 amide bonds. The van der Waals surface area contributed by atoms with Crippen molar-refractivity contribution in [1.82, 2.24) is 4.90 Å². The molecule has 23 heavy (non-hydrogen) atoms. The van der Waals surface area contributed by atoms with E-state index in [0.29, 0.717) is 24.1 Å². The number of aliphatic hydroxyl groups excluding tert-OH is 1. The Morgan fingerprint density at radius 2 is 2.00 bits per heavy atom. The van der Waals surface area contributed by atoms with Crippen molar-refractivity contribution in [1.29, 1.82) is 0 Å². The van der Waals surface area contributed by atoms with Crippen LogP contribution >= 0.6 is 11.3 Å². The molecule has 5 heteroatoms. The van der Waals surface area contributed by atoms with Gasteiger partial charge in [0.25, 0.3) is 5.91 Å². The van der Waals surface area contributed by atoms with Gasteiger partial charge in [0.05, 0.1) is 12.6 Å². The first-order valence-electron chi connectivity index (χ1n) is 7.60. The van der Waals surface area contributed by atoms with Crippen LogP contribution in [-0.4, -0.2) is 34.3 Å². The van der Waals surface area contributed by atoms with Gasteiger partial charge in [-0.15, -0.1) is 0 Å². The molecule has 122 valence electrons. The third-order valence-corrected chi connectivity index (χ3v) is 4.56. The quantitative estimate of drug-likeness (QED) is 0.792. The third-order valence-electron chi connectivity index (χ3n) is 3.83. The van der Waals surface area contributed by atoms with E-state index >= 15 is 0 Å². The van der Waals surface area contributed by atoms with Gasteiger partial charge in [0, 0.05) is 17.7 Å². The van der Waals surface area contributed by atoms with Crippen LogP contribution in [0.25, 0.3) is 0 Å². The fraction of sp³-hybridized carbons (Fsp3) is 0.333. The topological polar surface area (TPSA) is 57.6 Å². The number of rotatable bonds is 7. The van der Waals surface area contributed by atoms with Gasteiger partial charge >= 0.3 is 0 Å². The molecule has 0 bridgehead atoms. The normalized spacial score (nSPS) is 12.0. The highest BCUT2D eigenvalue weighted by Gasteiger charge is 2.24. The van der Waals surface area contributed by atoms with Crippen molar-refractivity contribution >= 4 is 23.0 Å². The van der Waals surface area contributed by atoms with Crippen molar-refractivity contribution in [2.45, 2.75) is 32.9 Å². The summed E-state index contributed by atoms with van der Waals surface area (Å²) in [6.07, 6.45) is 0.665. The minimum absolute atomic E-state index is 0.0711. The van der Waals surface area contributed by atoms with E-state index in [0.717, 1.165) is 5.56 Å². The third kappa shape index (κ3) is 4.27. The van der Waals surface area contributed by atoms with Crippen molar-refractivity contribution in [3.63, 3.8) is 0 Å². The molecule has 0 unspecified atom stereocenters. The summed E-state index contributed by atoms with van der Waals surface area (Å²) in [4.78, 5) is 26.1. The molecule has 1 N–H and O–H groups in total. The summed E-state index contributed by atoms with van der Waals surface area (Å²) >= 11 is 1.58. The zero-order valence-electron chi connectivity index (χ0n) is 13.4. The molecule has 0 saturated carbocycles. The van der Waals surface area contributed by atoms with Crippen molar-refractivity contribution in [2.24, 2.45) is 0 Å². The van der Waals surface area contributed by atoms with E-state index in [1.807, 2.05) is 23.8 Å². The second-order valence-electron chi connectivity index (χ2n) is 5.45. The summed E-state index contributed by atoms with van der Waals surface area (Å²) < 4.78 is 0. The molecule has 0 fully saturated rings. The summed E-state index contributed by atoms with van der Waals surface area (Å²) in [5.41, 5.74) is 2.03. The Kier molecular flexibility index (Phi) is 6.07. The molecule has 0 radical (unpaired) electrons. The molecule has 2 aromatic rings. The average Bonchev–Trinajstić information content (AvgIpc) is 3.07. The summed E-state index contributed by atoms with van der Waals surface area (Å²) in [5.74, 6) is -0.238. The van der Waals surface area contributed by atoms with E-state index in [2.05, 4.69) is 0 Å². The van der Waals surface area contributed by atoms with E-state index in [-0.39, 0.29) is 24.3 Å². The highest BCUT2D eigenvalue weighted by molar-refractivity contribution is 7.07. The number of benzene rings is 1. The van der Waals surface area contributed by atoms with Gasteiger partial charge in [0.15, 0.2) is 5.78 Å². The number of carbonyl (C=O) groups is 2. The fourth-order valence-corrected chi connectivity index (χ4v) is 3.09. The monoisotopic (exact) mass is 331 g/mol. The van der Waals surface area contributed by atoms with Crippen LogP contribution in [-0.2, 0) is 6.54 Å². The van der Waals surface area contributed by atoms with E-state index in [4.69, 9.17) is 0 Å². The van der Waals surface area contributed by atoms with Crippen LogP contribution in [0.15, 0.2) is 41.1 Å². The van der Waals surface area contributed by atoms with Gasteiger partial charge < -0.3 is 10.0 Å². The minimum atomic E-state index is -0.247. The molecule has 4 nitrogen and oxygen atoms in total. The van der Waals surface area contributed by atoms with Crippen LogP contribution in [0.1, 0.15) is 46.5 Å². The highest BCUT2D eigenvalue weighted by atomic mass is 32.1. The van der Waals surface area contributed by atoms with Crippen LogP contribution in [0.3, 0.4) is 0 Å². The standard InChI is InChI=1S/C18H21NO3S/c1-3-17(11-20)19(10-14-7-8-23-12-14)18(22)16-6-4-5-15(9-16)13(2)21/h4-9,12,17,20H,3,10-11H2,1-2H3/t17-/m0/s1. The zero-order valence-corrected chi connectivity index (χ0v) is 14.2. The lowest BCUT2D eigenvalue weighted by molar-refractivity contribution is 0.0564. The lowest BCUT2D eigenvalue weighted by Gasteiger charge is -2.30. The van der Waals surface area contributed by atoms with E-state index in [1.54, 1.807) is 40.5 Å². The van der Waals surface area contributed by atoms with Crippen molar-refractivity contribution in [2.75, 3.05) is 6.61 Å². The van der Waals surface area contributed by atoms with Gasteiger partial charge in [0.2, 0.25) is 0 Å². The molecule has 0 aliphatic rings. The number of aliphatic hydroxyl groups is 1. The number of Topliss-reactive ketones (excluding diaryl/α,β-unsaturated/α-hetero) is 1. The van der Waals surface area contributed by atoms with Gasteiger partial charge in [-0.3, -0.25) is 9.59 Å². The van der Waals surface area contributed by atoms with Crippen LogP contribution < -0.4 is 0 Å². The molecular weight excluding hydrogens is 310 g/mol. The number of carbonyl (C=O) groups excluding carboxylic acids is 2. The van der Waals surface area contributed by atoms with Crippen LogP contribution in [0.5, 0.6) is 0 Å². The maximum absolute atomic E-state index is 12.9. The van der Waals surface area contributed by atoms with Crippen molar-refractivity contribution in [3.05, 3.63) is 57.8 Å². The van der Waals surface area contributed by atoms with Gasteiger partial charge in [-0.25, -0.2) is 0 Å². The predicted molar refractivity (Wildman–Crippen MR) is 91.8 cm³/mol. The van der Waals surface area contributed by atoms with E-state index in [1.165, 1.54) is 6.92 Å². The number of hydrogen-bond donors (Lipinski definition) is 1. The lowest BCUT2D eigenvalue weighted by atomic mass is 10.1. The predicted octanol–water partition coefficient (Wildman–Crippen LogP) is 3.36. The van der Waals surface area contributed by atoms with Crippen molar-refractivity contribution in [3.8, 4) is 0 Å². The van der Waals surface area contributed by atoms with Crippen LogP contribution in [0, 0.1) is 0 Å².